The second kappa shape index (κ2) is 5.46. The molecule has 23 heavy (non-hydrogen) atoms. The van der Waals surface area contributed by atoms with Gasteiger partial charge in [0.25, 0.3) is 0 Å². The lowest BCUT2D eigenvalue weighted by molar-refractivity contribution is -0.132. The summed E-state index contributed by atoms with van der Waals surface area (Å²) >= 11 is 0. The minimum Gasteiger partial charge on any atom is -0.393 e. The Kier molecular flexibility index (Phi) is 3.89. The predicted octanol–water partition coefficient (Wildman–Crippen LogP) is 4.39. The molecule has 0 heterocycles. The van der Waals surface area contributed by atoms with Crippen molar-refractivity contribution in [2.24, 2.45) is 40.4 Å². The Morgan fingerprint density at radius 1 is 0.870 bits per heavy atom. The van der Waals surface area contributed by atoms with Crippen LogP contribution in [0.2, 0.25) is 0 Å². The Labute approximate surface area is 142 Å². The van der Waals surface area contributed by atoms with Gasteiger partial charge in [0.1, 0.15) is 0 Å². The van der Waals surface area contributed by atoms with Crippen molar-refractivity contribution in [3.63, 3.8) is 0 Å². The van der Waals surface area contributed by atoms with Gasteiger partial charge in [0.15, 0.2) is 0 Å². The minimum absolute atomic E-state index is 0.0374. The molecule has 0 amide bonds. The van der Waals surface area contributed by atoms with Crippen LogP contribution in [0, 0.1) is 40.4 Å². The molecule has 0 spiro atoms. The van der Waals surface area contributed by atoms with Crippen LogP contribution in [0.3, 0.4) is 0 Å². The normalized spacial score (nSPS) is 57.3. The van der Waals surface area contributed by atoms with Crippen molar-refractivity contribution in [3.8, 4) is 0 Å². The zero-order chi connectivity index (χ0) is 16.4. The van der Waals surface area contributed by atoms with Crippen LogP contribution in [0.5, 0.6) is 0 Å². The van der Waals surface area contributed by atoms with E-state index in [2.05, 4.69) is 13.8 Å². The zero-order valence-corrected chi connectivity index (χ0v) is 15.3. The van der Waals surface area contributed by atoms with Gasteiger partial charge in [0, 0.05) is 0 Å². The van der Waals surface area contributed by atoms with E-state index in [0.29, 0.717) is 16.7 Å². The van der Waals surface area contributed by atoms with Gasteiger partial charge in [-0.15, -0.1) is 0 Å². The molecule has 132 valence electrons. The number of hydrogen-bond donors (Lipinski definition) is 2. The quantitative estimate of drug-likeness (QED) is 0.752. The van der Waals surface area contributed by atoms with Gasteiger partial charge in [0.2, 0.25) is 0 Å². The first kappa shape index (κ1) is 16.4. The Balaban J connectivity index is 1.60. The third-order valence-corrected chi connectivity index (χ3v) is 9.29. The molecule has 0 saturated heterocycles. The molecule has 0 aliphatic heterocycles. The van der Waals surface area contributed by atoms with Crippen molar-refractivity contribution in [2.75, 3.05) is 0 Å². The topological polar surface area (TPSA) is 40.5 Å². The Hall–Kier alpha value is -0.0800. The Bertz CT molecular complexity index is 461. The van der Waals surface area contributed by atoms with Crippen LogP contribution in [-0.4, -0.2) is 22.4 Å². The molecule has 4 rings (SSSR count). The fraction of sp³-hybridized carbons (Fsp3) is 1.00. The molecule has 2 N–H and O–H groups in total. The monoisotopic (exact) mass is 320 g/mol. The van der Waals surface area contributed by atoms with Crippen LogP contribution in [0.4, 0.5) is 0 Å². The van der Waals surface area contributed by atoms with Crippen molar-refractivity contribution in [3.05, 3.63) is 0 Å². The molecule has 2 nitrogen and oxygen atoms in total. The SMILES string of the molecule is C[C@H](O)C1CCC2C3CCC4CC(O)CC[C@]4(C)C3CC[C@@]21C. The van der Waals surface area contributed by atoms with Gasteiger partial charge < -0.3 is 10.2 Å². The maximum absolute atomic E-state index is 10.3. The summed E-state index contributed by atoms with van der Waals surface area (Å²) in [6.07, 6.45) is 11.1. The number of rotatable bonds is 1. The van der Waals surface area contributed by atoms with E-state index in [1.807, 2.05) is 6.92 Å². The zero-order valence-electron chi connectivity index (χ0n) is 15.3. The standard InChI is InChI=1S/C21H36O2/c1-13(22)17-6-7-18-16-5-4-14-12-15(23)8-10-20(14,2)19(16)9-11-21(17,18)3/h13-19,22-23H,4-12H2,1-3H3/t13-,14?,15?,16?,17?,18?,19?,20-,21+/m0/s1. The highest BCUT2D eigenvalue weighted by molar-refractivity contribution is 5.09. The van der Waals surface area contributed by atoms with Crippen LogP contribution in [0.25, 0.3) is 0 Å². The minimum atomic E-state index is -0.140. The van der Waals surface area contributed by atoms with Crippen molar-refractivity contribution >= 4 is 0 Å². The second-order valence-corrected chi connectivity index (χ2v) is 10.1. The van der Waals surface area contributed by atoms with E-state index in [0.717, 1.165) is 36.5 Å². The van der Waals surface area contributed by atoms with E-state index >= 15 is 0 Å². The van der Waals surface area contributed by atoms with Gasteiger partial charge in [-0.25, -0.2) is 0 Å². The molecule has 6 unspecified atom stereocenters. The first-order chi connectivity index (χ1) is 10.9. The molecule has 4 saturated carbocycles. The average molecular weight is 321 g/mol. The highest BCUT2D eigenvalue weighted by atomic mass is 16.3. The van der Waals surface area contributed by atoms with Crippen LogP contribution in [0.1, 0.15) is 78.6 Å². The molecule has 0 aromatic carbocycles. The average Bonchev–Trinajstić information content (AvgIpc) is 2.85. The van der Waals surface area contributed by atoms with Gasteiger partial charge in [0.05, 0.1) is 12.2 Å². The van der Waals surface area contributed by atoms with Crippen molar-refractivity contribution < 1.29 is 10.2 Å². The highest BCUT2D eigenvalue weighted by Crippen LogP contribution is 2.67. The number of aliphatic hydroxyl groups excluding tert-OH is 2. The number of fused-ring (bicyclic) bond motifs is 5. The van der Waals surface area contributed by atoms with Crippen LogP contribution >= 0.6 is 0 Å². The van der Waals surface area contributed by atoms with Crippen LogP contribution in [-0.2, 0) is 0 Å². The summed E-state index contributed by atoms with van der Waals surface area (Å²) in [5.41, 5.74) is 0.860. The van der Waals surface area contributed by atoms with Crippen LogP contribution in [0.15, 0.2) is 0 Å². The van der Waals surface area contributed by atoms with Crippen molar-refractivity contribution in [2.45, 2.75) is 90.8 Å². The summed E-state index contributed by atoms with van der Waals surface area (Å²) in [5.74, 6) is 3.87. The smallest absolute Gasteiger partial charge is 0.0545 e. The van der Waals surface area contributed by atoms with Gasteiger partial charge in [-0.2, -0.15) is 0 Å². The fourth-order valence-corrected chi connectivity index (χ4v) is 8.07. The number of aliphatic hydroxyl groups is 2. The maximum atomic E-state index is 10.3. The lowest BCUT2D eigenvalue weighted by atomic mass is 9.44. The van der Waals surface area contributed by atoms with E-state index in [9.17, 15) is 10.2 Å². The van der Waals surface area contributed by atoms with Gasteiger partial charge in [-0.05, 0) is 105 Å². The van der Waals surface area contributed by atoms with Gasteiger partial charge in [-0.3, -0.25) is 0 Å². The van der Waals surface area contributed by atoms with Crippen LogP contribution < -0.4 is 0 Å². The van der Waals surface area contributed by atoms with E-state index in [1.54, 1.807) is 0 Å². The Morgan fingerprint density at radius 2 is 1.57 bits per heavy atom. The molecule has 0 radical (unpaired) electrons. The largest absolute Gasteiger partial charge is 0.393 e. The lowest BCUT2D eigenvalue weighted by Crippen LogP contribution is -2.54. The highest BCUT2D eigenvalue weighted by Gasteiger charge is 2.60. The molecule has 9 atom stereocenters. The molecule has 4 aliphatic carbocycles. The van der Waals surface area contributed by atoms with Crippen molar-refractivity contribution in [1.29, 1.82) is 0 Å². The molecular weight excluding hydrogens is 284 g/mol. The first-order valence-corrected chi connectivity index (χ1v) is 10.2. The molecule has 4 fully saturated rings. The summed E-state index contributed by atoms with van der Waals surface area (Å²) in [6.45, 7) is 7.08. The van der Waals surface area contributed by atoms with E-state index in [4.69, 9.17) is 0 Å². The number of hydrogen-bond acceptors (Lipinski definition) is 2. The van der Waals surface area contributed by atoms with Gasteiger partial charge in [-0.1, -0.05) is 13.8 Å². The maximum Gasteiger partial charge on any atom is 0.0545 e. The van der Waals surface area contributed by atoms with Gasteiger partial charge >= 0.3 is 0 Å². The summed E-state index contributed by atoms with van der Waals surface area (Å²) in [7, 11) is 0. The Morgan fingerprint density at radius 3 is 2.30 bits per heavy atom. The fourth-order valence-electron chi connectivity index (χ4n) is 8.07. The third-order valence-electron chi connectivity index (χ3n) is 9.29. The second-order valence-electron chi connectivity index (χ2n) is 10.1. The van der Waals surface area contributed by atoms with E-state index < -0.39 is 0 Å². The summed E-state index contributed by atoms with van der Waals surface area (Å²) in [5, 5.41) is 20.4. The summed E-state index contributed by atoms with van der Waals surface area (Å²) in [4.78, 5) is 0. The molecule has 0 bridgehead atoms. The summed E-state index contributed by atoms with van der Waals surface area (Å²) < 4.78 is 0. The molecule has 4 aliphatic rings. The summed E-state index contributed by atoms with van der Waals surface area (Å²) in [6, 6.07) is 0. The predicted molar refractivity (Wildman–Crippen MR) is 92.9 cm³/mol. The molecule has 0 aromatic rings. The van der Waals surface area contributed by atoms with Crippen molar-refractivity contribution in [1.82, 2.24) is 0 Å². The molecule has 2 heteroatoms. The van der Waals surface area contributed by atoms with E-state index in [1.165, 1.54) is 44.9 Å². The molecule has 0 aromatic heterocycles. The molecular formula is C21H36O2. The van der Waals surface area contributed by atoms with E-state index in [-0.39, 0.29) is 12.2 Å². The first-order valence-electron chi connectivity index (χ1n) is 10.2. The third kappa shape index (κ3) is 2.27. The lowest BCUT2D eigenvalue weighted by Gasteiger charge is -2.61.